The third kappa shape index (κ3) is 2.78. The monoisotopic (exact) mass is 353 g/mol. The maximum absolute atomic E-state index is 5.42. The number of hydrogen-bond donors (Lipinski definition) is 0. The topological polar surface area (TPSA) is 69.1 Å². The summed E-state index contributed by atoms with van der Waals surface area (Å²) in [7, 11) is 0. The van der Waals surface area contributed by atoms with E-state index in [-0.39, 0.29) is 11.2 Å². The van der Waals surface area contributed by atoms with Crippen molar-refractivity contribution in [1.29, 1.82) is 0 Å². The van der Waals surface area contributed by atoms with Crippen LogP contribution in [0.2, 0.25) is 0 Å². The van der Waals surface area contributed by atoms with E-state index in [1.165, 1.54) is 10.9 Å². The fraction of sp³-hybridized carbons (Fsp3) is 0.333. The highest BCUT2D eigenvalue weighted by atomic mass is 32.2. The molecule has 0 aliphatic heterocycles. The molecule has 0 N–H and O–H groups in total. The first-order chi connectivity index (χ1) is 12.0. The molecule has 3 heterocycles. The third-order valence-corrected chi connectivity index (χ3v) is 5.21. The highest BCUT2D eigenvalue weighted by Gasteiger charge is 2.20. The van der Waals surface area contributed by atoms with Crippen molar-refractivity contribution < 1.29 is 4.52 Å². The summed E-state index contributed by atoms with van der Waals surface area (Å²) in [5.41, 5.74) is 3.14. The molecule has 3 aromatic heterocycles. The average Bonchev–Trinajstić information content (AvgIpc) is 3.23. The van der Waals surface area contributed by atoms with Crippen molar-refractivity contribution in [2.75, 3.05) is 0 Å². The van der Waals surface area contributed by atoms with E-state index >= 15 is 0 Å². The van der Waals surface area contributed by atoms with E-state index in [9.17, 15) is 0 Å². The van der Waals surface area contributed by atoms with Gasteiger partial charge in [-0.15, -0.1) is 10.2 Å². The lowest BCUT2D eigenvalue weighted by Gasteiger charge is -2.08. The molecule has 1 unspecified atom stereocenters. The molecule has 0 saturated heterocycles. The van der Waals surface area contributed by atoms with E-state index in [0.29, 0.717) is 5.89 Å². The Morgan fingerprint density at radius 3 is 2.68 bits per heavy atom. The second-order valence-corrected chi connectivity index (χ2v) is 7.73. The quantitative estimate of drug-likeness (QED) is 0.501. The van der Waals surface area contributed by atoms with Gasteiger partial charge in [-0.25, -0.2) is 0 Å². The molecule has 0 aliphatic carbocycles. The first-order valence-electron chi connectivity index (χ1n) is 8.28. The molecular formula is C18H19N5OS. The normalized spacial score (nSPS) is 13.2. The van der Waals surface area contributed by atoms with Crippen LogP contribution < -0.4 is 0 Å². The van der Waals surface area contributed by atoms with Crippen LogP contribution in [0.4, 0.5) is 0 Å². The molecule has 1 aromatic carbocycles. The van der Waals surface area contributed by atoms with Gasteiger partial charge in [0, 0.05) is 11.3 Å². The van der Waals surface area contributed by atoms with Crippen LogP contribution in [0.1, 0.15) is 49.2 Å². The number of nitrogens with zero attached hydrogens (tertiary/aromatic N) is 5. The summed E-state index contributed by atoms with van der Waals surface area (Å²) in [6, 6.07) is 10.4. The van der Waals surface area contributed by atoms with Crippen LogP contribution in [0.15, 0.2) is 40.0 Å². The predicted molar refractivity (Wildman–Crippen MR) is 97.9 cm³/mol. The SMILES string of the molecule is Cc1cc2nnc(SC(C)c3nc(C(C)C)no3)n2c2ccccc12. The van der Waals surface area contributed by atoms with Crippen LogP contribution >= 0.6 is 11.8 Å². The van der Waals surface area contributed by atoms with Crippen LogP contribution in [0.3, 0.4) is 0 Å². The van der Waals surface area contributed by atoms with Crippen LogP contribution in [-0.4, -0.2) is 24.7 Å². The molecule has 0 fully saturated rings. The van der Waals surface area contributed by atoms with Gasteiger partial charge >= 0.3 is 0 Å². The van der Waals surface area contributed by atoms with Gasteiger partial charge in [-0.05, 0) is 31.5 Å². The zero-order chi connectivity index (χ0) is 17.6. The summed E-state index contributed by atoms with van der Waals surface area (Å²) < 4.78 is 7.50. The van der Waals surface area contributed by atoms with Crippen LogP contribution in [0.25, 0.3) is 16.6 Å². The Labute approximate surface area is 149 Å². The lowest BCUT2D eigenvalue weighted by molar-refractivity contribution is 0.373. The molecule has 128 valence electrons. The van der Waals surface area contributed by atoms with Gasteiger partial charge in [0.2, 0.25) is 5.89 Å². The Balaban J connectivity index is 1.75. The summed E-state index contributed by atoms with van der Waals surface area (Å²) in [6.45, 7) is 8.23. The number of aryl methyl sites for hydroxylation is 1. The fourth-order valence-corrected chi connectivity index (χ4v) is 3.70. The molecule has 0 amide bonds. The van der Waals surface area contributed by atoms with Crippen LogP contribution in [-0.2, 0) is 0 Å². The van der Waals surface area contributed by atoms with Crippen molar-refractivity contribution in [3.8, 4) is 0 Å². The van der Waals surface area contributed by atoms with Gasteiger partial charge in [0.05, 0.1) is 10.8 Å². The van der Waals surface area contributed by atoms with Gasteiger partial charge < -0.3 is 4.52 Å². The number of benzene rings is 1. The Morgan fingerprint density at radius 2 is 1.92 bits per heavy atom. The number of aromatic nitrogens is 5. The van der Waals surface area contributed by atoms with Crippen molar-refractivity contribution in [2.45, 2.75) is 44.0 Å². The van der Waals surface area contributed by atoms with Gasteiger partial charge in [0.15, 0.2) is 16.6 Å². The Bertz CT molecular complexity index is 1050. The van der Waals surface area contributed by atoms with Gasteiger partial charge in [0.1, 0.15) is 0 Å². The standard InChI is InChI=1S/C18H19N5OS/c1-10(2)16-19-17(24-22-16)12(4)25-18-21-20-15-9-11(3)13-7-5-6-8-14(13)23(15)18/h5-10,12H,1-4H3. The van der Waals surface area contributed by atoms with Gasteiger partial charge in [0.25, 0.3) is 0 Å². The van der Waals surface area contributed by atoms with Crippen molar-refractivity contribution in [3.63, 3.8) is 0 Å². The molecule has 0 spiro atoms. The largest absolute Gasteiger partial charge is 0.338 e. The van der Waals surface area contributed by atoms with Gasteiger partial charge in [-0.3, -0.25) is 4.40 Å². The minimum Gasteiger partial charge on any atom is -0.338 e. The van der Waals surface area contributed by atoms with E-state index in [2.05, 4.69) is 49.9 Å². The van der Waals surface area contributed by atoms with E-state index in [4.69, 9.17) is 4.52 Å². The van der Waals surface area contributed by atoms with Crippen molar-refractivity contribution in [3.05, 3.63) is 47.6 Å². The first-order valence-corrected chi connectivity index (χ1v) is 9.16. The minimum atomic E-state index is -0.00698. The average molecular weight is 353 g/mol. The second kappa shape index (κ2) is 6.15. The van der Waals surface area contributed by atoms with Crippen LogP contribution in [0.5, 0.6) is 0 Å². The molecule has 7 heteroatoms. The van der Waals surface area contributed by atoms with Gasteiger partial charge in [-0.2, -0.15) is 4.98 Å². The summed E-state index contributed by atoms with van der Waals surface area (Å²) in [4.78, 5) is 4.49. The molecule has 6 nitrogen and oxygen atoms in total. The summed E-state index contributed by atoms with van der Waals surface area (Å²) in [5.74, 6) is 1.59. The van der Waals surface area contributed by atoms with E-state index < -0.39 is 0 Å². The zero-order valence-electron chi connectivity index (χ0n) is 14.6. The molecular weight excluding hydrogens is 334 g/mol. The molecule has 0 bridgehead atoms. The Hall–Kier alpha value is -2.41. The summed E-state index contributed by atoms with van der Waals surface area (Å²) >= 11 is 1.57. The molecule has 0 saturated carbocycles. The second-order valence-electron chi connectivity index (χ2n) is 6.43. The Morgan fingerprint density at radius 1 is 1.12 bits per heavy atom. The van der Waals surface area contributed by atoms with Crippen molar-refractivity contribution in [2.24, 2.45) is 0 Å². The van der Waals surface area contributed by atoms with Crippen LogP contribution in [0, 0.1) is 6.92 Å². The zero-order valence-corrected chi connectivity index (χ0v) is 15.4. The lowest BCUT2D eigenvalue weighted by atomic mass is 10.1. The highest BCUT2D eigenvalue weighted by Crippen LogP contribution is 2.35. The smallest absolute Gasteiger partial charge is 0.239 e. The molecule has 4 aromatic rings. The van der Waals surface area contributed by atoms with Crippen molar-refractivity contribution in [1.82, 2.24) is 24.7 Å². The molecule has 1 atom stereocenters. The fourth-order valence-electron chi connectivity index (χ4n) is 2.81. The molecule has 0 radical (unpaired) electrons. The minimum absolute atomic E-state index is 0.00698. The molecule has 25 heavy (non-hydrogen) atoms. The number of thioether (sulfide) groups is 1. The number of hydrogen-bond acceptors (Lipinski definition) is 6. The molecule has 0 aliphatic rings. The van der Waals surface area contributed by atoms with E-state index in [0.717, 1.165) is 22.1 Å². The molecule has 4 rings (SSSR count). The van der Waals surface area contributed by atoms with Gasteiger partial charge in [-0.1, -0.05) is 49.0 Å². The maximum Gasteiger partial charge on any atom is 0.239 e. The van der Waals surface area contributed by atoms with Crippen molar-refractivity contribution >= 4 is 28.3 Å². The number of pyridine rings is 1. The number of fused-ring (bicyclic) bond motifs is 3. The summed E-state index contributed by atoms with van der Waals surface area (Å²) in [6.07, 6.45) is 0. The predicted octanol–water partition coefficient (Wildman–Crippen LogP) is 4.55. The lowest BCUT2D eigenvalue weighted by Crippen LogP contribution is -1.96. The van der Waals surface area contributed by atoms with E-state index in [1.54, 1.807) is 11.8 Å². The maximum atomic E-state index is 5.42. The summed E-state index contributed by atoms with van der Waals surface area (Å²) in [5, 5.41) is 14.8. The third-order valence-electron chi connectivity index (χ3n) is 4.18. The Kier molecular flexibility index (Phi) is 3.95. The number of para-hydroxylation sites is 1. The first kappa shape index (κ1) is 16.1. The highest BCUT2D eigenvalue weighted by molar-refractivity contribution is 7.99. The number of rotatable bonds is 4. The van der Waals surface area contributed by atoms with E-state index in [1.807, 2.05) is 32.9 Å².